The largest absolute Gasteiger partial charge is 0.479 e. The minimum atomic E-state index is -5.87. The van der Waals surface area contributed by atoms with Crippen molar-refractivity contribution in [2.24, 2.45) is 0 Å². The molecule has 0 aromatic rings. The van der Waals surface area contributed by atoms with Gasteiger partial charge in [0, 0.05) is 39.6 Å². The molecule has 464 valence electrons. The molecular weight excluding hydrogens is 1200 g/mol. The van der Waals surface area contributed by atoms with Gasteiger partial charge in [-0.15, -0.1) is 0 Å². The van der Waals surface area contributed by atoms with E-state index in [2.05, 4.69) is 8.37 Å². The third kappa shape index (κ3) is 20.2. The normalized spacial score (nSPS) is 36.2. The van der Waals surface area contributed by atoms with E-state index in [1.54, 1.807) is 0 Å². The van der Waals surface area contributed by atoms with E-state index in [9.17, 15) is 89.8 Å². The van der Waals surface area contributed by atoms with Crippen molar-refractivity contribution in [2.45, 2.75) is 164 Å². The van der Waals surface area contributed by atoms with Crippen molar-refractivity contribution in [1.29, 1.82) is 0 Å². The van der Waals surface area contributed by atoms with Crippen LogP contribution in [0.3, 0.4) is 0 Å². The molecule has 4 aliphatic heterocycles. The molecule has 43 heteroatoms. The smallest absolute Gasteiger partial charge is 0.397 e. The van der Waals surface area contributed by atoms with Crippen LogP contribution in [0.15, 0.2) is 0 Å². The van der Waals surface area contributed by atoms with Crippen molar-refractivity contribution >= 4 is 63.9 Å². The lowest BCUT2D eigenvalue weighted by atomic mass is 9.95. The fourth-order valence-electron chi connectivity index (χ4n) is 8.52. The molecule has 0 aromatic carbocycles. The van der Waals surface area contributed by atoms with Crippen molar-refractivity contribution in [3.05, 3.63) is 0 Å². The van der Waals surface area contributed by atoms with Crippen LogP contribution in [0, 0.1) is 0 Å². The molecule has 0 radical (unpaired) electrons. The van der Waals surface area contributed by atoms with E-state index < -0.39 is 226 Å². The van der Waals surface area contributed by atoms with E-state index in [1.165, 1.54) is 41.5 Å². The van der Waals surface area contributed by atoms with Gasteiger partial charge in [-0.05, 0) is 41.5 Å². The Morgan fingerprint density at radius 3 is 1.05 bits per heavy atom. The van der Waals surface area contributed by atoms with Crippen molar-refractivity contribution in [1.82, 2.24) is 0 Å². The minimum absolute atomic E-state index is 0.169. The lowest BCUT2D eigenvalue weighted by Gasteiger charge is -2.51. The minimum Gasteiger partial charge on any atom is -0.479 e. The zero-order valence-electron chi connectivity index (χ0n) is 42.1. The van der Waals surface area contributed by atoms with E-state index in [-0.39, 0.29) is 13.2 Å². The number of ether oxygens (including phenoxy) is 13. The van der Waals surface area contributed by atoms with E-state index in [0.29, 0.717) is 0 Å². The Labute approximate surface area is 451 Å². The predicted octanol–water partition coefficient (Wildman–Crippen LogP) is -4.16. The van der Waals surface area contributed by atoms with Gasteiger partial charge in [-0.1, -0.05) is 0 Å². The number of hydrogen-bond acceptors (Lipinski definition) is 31. The van der Waals surface area contributed by atoms with Gasteiger partial charge in [0.1, 0.15) is 73.2 Å². The summed E-state index contributed by atoms with van der Waals surface area (Å²) >= 11 is 0. The number of carboxylic acid groups (broad SMARTS) is 2. The van der Waals surface area contributed by atoms with E-state index >= 15 is 0 Å². The lowest BCUT2D eigenvalue weighted by molar-refractivity contribution is -0.386. The average molecular weight is 1260 g/mol. The quantitative estimate of drug-likeness (QED) is 0.0296. The Bertz CT molecular complexity index is 2540. The van der Waals surface area contributed by atoms with Crippen molar-refractivity contribution in [2.75, 3.05) is 52.9 Å². The Hall–Kier alpha value is -2.27. The van der Waals surface area contributed by atoms with Gasteiger partial charge in [0.25, 0.3) is 0 Å². The van der Waals surface area contributed by atoms with Gasteiger partial charge in [0.05, 0.1) is 13.2 Å². The van der Waals surface area contributed by atoms with E-state index in [0.717, 1.165) is 0 Å². The van der Waals surface area contributed by atoms with Crippen LogP contribution in [0.5, 0.6) is 0 Å². The van der Waals surface area contributed by atoms with Gasteiger partial charge in [0.15, 0.2) is 49.6 Å². The summed E-state index contributed by atoms with van der Waals surface area (Å²) in [7, 11) is -28.4. The predicted molar refractivity (Wildman–Crippen MR) is 244 cm³/mol. The van der Waals surface area contributed by atoms with Crippen LogP contribution in [0.2, 0.25) is 0 Å². The molecule has 38 nitrogen and oxygen atoms in total. The summed E-state index contributed by atoms with van der Waals surface area (Å²) in [6.45, 7) is 3.91. The van der Waals surface area contributed by atoms with Crippen LogP contribution in [0.4, 0.5) is 0 Å². The van der Waals surface area contributed by atoms with Gasteiger partial charge in [-0.3, -0.25) is 22.8 Å². The second kappa shape index (κ2) is 29.5. The summed E-state index contributed by atoms with van der Waals surface area (Å²) in [6.07, 6.45) is -46.6. The van der Waals surface area contributed by atoms with Crippen molar-refractivity contribution in [3.63, 3.8) is 0 Å². The second-order valence-corrected chi connectivity index (χ2v) is 21.6. The van der Waals surface area contributed by atoms with E-state index in [4.69, 9.17) is 74.1 Å². The first kappa shape index (κ1) is 69.2. The van der Waals surface area contributed by atoms with Crippen LogP contribution in [0.25, 0.3) is 0 Å². The van der Waals surface area contributed by atoms with Gasteiger partial charge in [-0.25, -0.2) is 30.5 Å². The molecule has 4 fully saturated rings. The molecule has 4 heterocycles. The number of carbonyl (C=O) groups is 2. The molecule has 4 saturated heterocycles. The zero-order valence-corrected chi connectivity index (χ0v) is 46.2. The standard InChI is InChI=1S/C36H62O38S5/c1-7-57-13-15-17(70-75(42,43)44)21(28(61-11-5)34(63-15)67-22-19(59-9-3)27(73-78(51,52)53)33(41)65-25(22)31(37)38)66-36-30(74-79(54,55)56)20(60-10-4)23(26(69-36)32(39)40)68-35-29(62-12-6)24(72-77(48,49)50)18(71-76(45,46)47)16(64-35)14-58-8-2/h15-30,33-36,41H,7-14H2,1-6H3,(H,37,38)(H,39,40)(H,42,43,44)(H,45,46,47)(H,48,49,50)(H,51,52,53)(H,54,55,56)/t15-,16-,17-,18-,19+,20+,21+,22+,23+,24+,25-,26-,27-,28-,29-,30-,33-,34+,35+,36-/m1/s1. The molecular formula is C36H62O38S5. The maximum atomic E-state index is 13.4. The van der Waals surface area contributed by atoms with Crippen LogP contribution in [-0.4, -0.2) is 268 Å². The summed E-state index contributed by atoms with van der Waals surface area (Å²) in [6, 6.07) is 0. The Balaban J connectivity index is 1.96. The molecule has 0 spiro atoms. The second-order valence-electron chi connectivity index (χ2n) is 16.4. The highest BCUT2D eigenvalue weighted by atomic mass is 32.3. The summed E-state index contributed by atoms with van der Waals surface area (Å²) in [5.41, 5.74) is 0. The summed E-state index contributed by atoms with van der Waals surface area (Å²) in [4.78, 5) is 26.1. The van der Waals surface area contributed by atoms with Crippen LogP contribution in [0.1, 0.15) is 41.5 Å². The number of aliphatic hydroxyl groups is 1. The SMILES string of the molecule is CCOC[C@H]1O[C@@H](O[C@H]2[C@H](OCC)[C@@H](OS(=O)(=O)O)[C@H](O)O[C@H]2C(=O)O)[C@H](OCC)[C@@H](O[C@@H]2O[C@@H](C(=O)O)[C@@H](O[C@@H]3O[C@H](COCC)[C@@H](OS(=O)(=O)O)[C@H](OS(=O)(=O)O)[C@H]3OCC)[C@H](OCC)[C@H]2OS(=O)(=O)O)[C@@H]1OS(=O)(=O)O. The fraction of sp³-hybridized carbons (Fsp3) is 0.944. The number of hydrogen-bond donors (Lipinski definition) is 8. The third-order valence-electron chi connectivity index (χ3n) is 11.1. The van der Waals surface area contributed by atoms with Gasteiger partial charge >= 0.3 is 63.9 Å². The fourth-order valence-corrected chi connectivity index (χ4v) is 11.0. The highest BCUT2D eigenvalue weighted by Gasteiger charge is 2.62. The highest BCUT2D eigenvalue weighted by molar-refractivity contribution is 7.81. The number of aliphatic carboxylic acids is 2. The highest BCUT2D eigenvalue weighted by Crippen LogP contribution is 2.40. The molecule has 79 heavy (non-hydrogen) atoms. The average Bonchev–Trinajstić information content (AvgIpc) is 3.30. The molecule has 4 aliphatic rings. The monoisotopic (exact) mass is 1260 g/mol. The first-order valence-corrected chi connectivity index (χ1v) is 30.1. The number of carboxylic acids is 2. The molecule has 20 atom stereocenters. The molecule has 0 unspecified atom stereocenters. The summed E-state index contributed by atoms with van der Waals surface area (Å²) < 4.78 is 271. The van der Waals surface area contributed by atoms with Crippen molar-refractivity contribution < 1.29 is 172 Å². The first-order valence-electron chi connectivity index (χ1n) is 23.2. The zero-order chi connectivity index (χ0) is 59.6. The van der Waals surface area contributed by atoms with Gasteiger partial charge in [-0.2, -0.15) is 42.1 Å². The Morgan fingerprint density at radius 1 is 0.367 bits per heavy atom. The van der Waals surface area contributed by atoms with Crippen LogP contribution >= 0.6 is 0 Å². The molecule has 4 rings (SSSR count). The third-order valence-corrected chi connectivity index (χ3v) is 13.5. The Morgan fingerprint density at radius 2 is 0.671 bits per heavy atom. The summed E-state index contributed by atoms with van der Waals surface area (Å²) in [5, 5.41) is 31.7. The maximum Gasteiger partial charge on any atom is 0.397 e. The summed E-state index contributed by atoms with van der Waals surface area (Å²) in [5.74, 6) is -4.02. The molecule has 0 bridgehead atoms. The van der Waals surface area contributed by atoms with Crippen LogP contribution in [-0.2, 0) is 144 Å². The van der Waals surface area contributed by atoms with Gasteiger partial charge in [0.2, 0.25) is 0 Å². The van der Waals surface area contributed by atoms with E-state index in [1.807, 2.05) is 0 Å². The molecule has 0 amide bonds. The first-order chi connectivity index (χ1) is 36.6. The van der Waals surface area contributed by atoms with Gasteiger partial charge < -0.3 is 76.9 Å². The van der Waals surface area contributed by atoms with Crippen LogP contribution < -0.4 is 0 Å². The number of aliphatic hydroxyl groups excluding tert-OH is 1. The number of rotatable bonds is 32. The Kier molecular flexibility index (Phi) is 25.9. The molecule has 0 aliphatic carbocycles. The van der Waals surface area contributed by atoms with Crippen molar-refractivity contribution in [3.8, 4) is 0 Å². The topological polar surface area (TPSA) is 533 Å². The molecule has 8 N–H and O–H groups in total. The molecule has 0 saturated carbocycles. The maximum absolute atomic E-state index is 13.4. The molecule has 0 aromatic heterocycles. The lowest BCUT2D eigenvalue weighted by Crippen LogP contribution is -2.70.